The van der Waals surface area contributed by atoms with Crippen molar-refractivity contribution in [3.05, 3.63) is 0 Å². The zero-order valence-electron chi connectivity index (χ0n) is 7.52. The first-order chi connectivity index (χ1) is 6.16. The fraction of sp³-hybridized carbons (Fsp3) is 0.625. The quantitative estimate of drug-likeness (QED) is 0.412. The largest absolute Gasteiger partial charge is 0.336 e. The SMILES string of the molecule is CN1CCN(CCC=O)C(=O)C1=O. The van der Waals surface area contributed by atoms with Gasteiger partial charge >= 0.3 is 11.8 Å². The summed E-state index contributed by atoms with van der Waals surface area (Å²) in [5.41, 5.74) is 0. The number of nitrogens with zero attached hydrogens (tertiary/aromatic N) is 2. The molecule has 13 heavy (non-hydrogen) atoms. The van der Waals surface area contributed by atoms with Crippen LogP contribution < -0.4 is 0 Å². The van der Waals surface area contributed by atoms with E-state index in [1.165, 1.54) is 9.80 Å². The molecule has 1 saturated heterocycles. The van der Waals surface area contributed by atoms with Crippen LogP contribution in [0.2, 0.25) is 0 Å². The number of hydrogen-bond donors (Lipinski definition) is 0. The normalized spacial score (nSPS) is 17.9. The molecule has 5 nitrogen and oxygen atoms in total. The monoisotopic (exact) mass is 184 g/mol. The Morgan fingerprint density at radius 3 is 2.62 bits per heavy atom. The number of piperazine rings is 1. The summed E-state index contributed by atoms with van der Waals surface area (Å²) in [6, 6.07) is 0. The molecule has 5 heteroatoms. The number of amides is 2. The van der Waals surface area contributed by atoms with Gasteiger partial charge in [-0.2, -0.15) is 0 Å². The van der Waals surface area contributed by atoms with E-state index in [-0.39, 0.29) is 0 Å². The van der Waals surface area contributed by atoms with Crippen molar-refractivity contribution in [2.24, 2.45) is 0 Å². The van der Waals surface area contributed by atoms with Crippen molar-refractivity contribution in [2.75, 3.05) is 26.7 Å². The molecule has 1 heterocycles. The third-order valence-corrected chi connectivity index (χ3v) is 2.04. The topological polar surface area (TPSA) is 57.7 Å². The maximum Gasteiger partial charge on any atom is 0.312 e. The average molecular weight is 184 g/mol. The molecule has 2 amide bonds. The first-order valence-electron chi connectivity index (χ1n) is 4.15. The first-order valence-corrected chi connectivity index (χ1v) is 4.15. The summed E-state index contributed by atoms with van der Waals surface area (Å²) >= 11 is 0. The van der Waals surface area contributed by atoms with Crippen LogP contribution in [-0.4, -0.2) is 54.6 Å². The molecular formula is C8H12N2O3. The second-order valence-electron chi connectivity index (χ2n) is 2.97. The molecule has 0 aliphatic carbocycles. The number of likely N-dealkylation sites (N-methyl/N-ethyl adjacent to an activating group) is 1. The number of carbonyl (C=O) groups is 3. The highest BCUT2D eigenvalue weighted by Gasteiger charge is 2.29. The van der Waals surface area contributed by atoms with Gasteiger partial charge in [-0.25, -0.2) is 0 Å². The van der Waals surface area contributed by atoms with E-state index >= 15 is 0 Å². The minimum absolute atomic E-state index is 0.294. The molecule has 0 bridgehead atoms. The second kappa shape index (κ2) is 4.02. The molecule has 0 unspecified atom stereocenters. The van der Waals surface area contributed by atoms with Gasteiger partial charge in [0.1, 0.15) is 6.29 Å². The minimum Gasteiger partial charge on any atom is -0.336 e. The zero-order chi connectivity index (χ0) is 9.84. The van der Waals surface area contributed by atoms with Gasteiger partial charge in [-0.05, 0) is 0 Å². The molecule has 0 saturated carbocycles. The molecule has 0 aromatic carbocycles. The van der Waals surface area contributed by atoms with E-state index in [4.69, 9.17) is 0 Å². The molecule has 1 rings (SSSR count). The van der Waals surface area contributed by atoms with E-state index in [0.717, 1.165) is 6.29 Å². The molecule has 0 aromatic rings. The molecule has 1 aliphatic heterocycles. The van der Waals surface area contributed by atoms with Gasteiger partial charge in [-0.3, -0.25) is 9.59 Å². The third kappa shape index (κ3) is 2.05. The van der Waals surface area contributed by atoms with Gasteiger partial charge in [0.25, 0.3) is 0 Å². The lowest BCUT2D eigenvalue weighted by atomic mass is 10.3. The van der Waals surface area contributed by atoms with E-state index in [2.05, 4.69) is 0 Å². The van der Waals surface area contributed by atoms with Crippen molar-refractivity contribution in [3.63, 3.8) is 0 Å². The number of hydrogen-bond acceptors (Lipinski definition) is 3. The lowest BCUT2D eigenvalue weighted by Crippen LogP contribution is -2.52. The van der Waals surface area contributed by atoms with Gasteiger partial charge in [0.05, 0.1) is 0 Å². The van der Waals surface area contributed by atoms with Crippen molar-refractivity contribution >= 4 is 18.1 Å². The maximum atomic E-state index is 11.3. The van der Waals surface area contributed by atoms with E-state index in [0.29, 0.717) is 26.1 Å². The van der Waals surface area contributed by atoms with Crippen LogP contribution in [0.15, 0.2) is 0 Å². The van der Waals surface area contributed by atoms with Crippen molar-refractivity contribution in [2.45, 2.75) is 6.42 Å². The van der Waals surface area contributed by atoms with Crippen LogP contribution in [0.3, 0.4) is 0 Å². The molecule has 72 valence electrons. The Balaban J connectivity index is 2.54. The highest BCUT2D eigenvalue weighted by atomic mass is 16.2. The molecule has 0 atom stereocenters. The molecular weight excluding hydrogens is 172 g/mol. The second-order valence-corrected chi connectivity index (χ2v) is 2.97. The lowest BCUT2D eigenvalue weighted by Gasteiger charge is -2.30. The van der Waals surface area contributed by atoms with Crippen LogP contribution in [0.5, 0.6) is 0 Å². The van der Waals surface area contributed by atoms with Crippen LogP contribution in [0, 0.1) is 0 Å². The van der Waals surface area contributed by atoms with Crippen molar-refractivity contribution < 1.29 is 14.4 Å². The average Bonchev–Trinajstić information content (AvgIpc) is 2.13. The predicted molar refractivity (Wildman–Crippen MR) is 44.9 cm³/mol. The number of aldehydes is 1. The Kier molecular flexibility index (Phi) is 3.00. The summed E-state index contributed by atoms with van der Waals surface area (Å²) in [5, 5.41) is 0. The van der Waals surface area contributed by atoms with Crippen LogP contribution in [-0.2, 0) is 14.4 Å². The van der Waals surface area contributed by atoms with Crippen molar-refractivity contribution in [1.29, 1.82) is 0 Å². The van der Waals surface area contributed by atoms with E-state index < -0.39 is 11.8 Å². The van der Waals surface area contributed by atoms with E-state index in [9.17, 15) is 14.4 Å². The minimum atomic E-state index is -0.504. The van der Waals surface area contributed by atoms with Gasteiger partial charge in [-0.15, -0.1) is 0 Å². The van der Waals surface area contributed by atoms with Gasteiger partial charge in [0.2, 0.25) is 0 Å². The highest BCUT2D eigenvalue weighted by molar-refractivity contribution is 6.35. The first kappa shape index (κ1) is 9.70. The summed E-state index contributed by atoms with van der Waals surface area (Å²) in [4.78, 5) is 35.3. The number of carbonyl (C=O) groups excluding carboxylic acids is 3. The van der Waals surface area contributed by atoms with E-state index in [1.807, 2.05) is 0 Å². The fourth-order valence-corrected chi connectivity index (χ4v) is 1.19. The summed E-state index contributed by atoms with van der Waals surface area (Å²) in [7, 11) is 1.59. The Morgan fingerprint density at radius 2 is 2.00 bits per heavy atom. The summed E-state index contributed by atoms with van der Waals surface area (Å²) in [6.07, 6.45) is 1.04. The van der Waals surface area contributed by atoms with Crippen LogP contribution in [0.4, 0.5) is 0 Å². The standard InChI is InChI=1S/C8H12N2O3/c1-9-4-5-10(3-2-6-11)8(13)7(9)12/h6H,2-5H2,1H3. The molecule has 1 fully saturated rings. The Bertz CT molecular complexity index is 240. The Morgan fingerprint density at radius 1 is 1.31 bits per heavy atom. The molecule has 0 N–H and O–H groups in total. The Labute approximate surface area is 76.3 Å². The van der Waals surface area contributed by atoms with Gasteiger partial charge < -0.3 is 14.6 Å². The smallest absolute Gasteiger partial charge is 0.312 e. The van der Waals surface area contributed by atoms with Gasteiger partial charge in [-0.1, -0.05) is 0 Å². The van der Waals surface area contributed by atoms with Crippen molar-refractivity contribution in [1.82, 2.24) is 9.80 Å². The Hall–Kier alpha value is -1.39. The maximum absolute atomic E-state index is 11.3. The van der Waals surface area contributed by atoms with E-state index in [1.54, 1.807) is 7.05 Å². The molecule has 1 aliphatic rings. The molecule has 0 aromatic heterocycles. The van der Waals surface area contributed by atoms with Gasteiger partial charge in [0, 0.05) is 33.1 Å². The summed E-state index contributed by atoms with van der Waals surface area (Å²) in [6.45, 7) is 1.42. The van der Waals surface area contributed by atoms with Crippen LogP contribution >= 0.6 is 0 Å². The van der Waals surface area contributed by atoms with Gasteiger partial charge in [0.15, 0.2) is 0 Å². The summed E-state index contributed by atoms with van der Waals surface area (Å²) < 4.78 is 0. The predicted octanol–water partition coefficient (Wildman–Crippen LogP) is -1.12. The summed E-state index contributed by atoms with van der Waals surface area (Å²) in [5.74, 6) is -0.993. The lowest BCUT2D eigenvalue weighted by molar-refractivity contribution is -0.155. The third-order valence-electron chi connectivity index (χ3n) is 2.04. The fourth-order valence-electron chi connectivity index (χ4n) is 1.19. The van der Waals surface area contributed by atoms with Crippen LogP contribution in [0.1, 0.15) is 6.42 Å². The number of rotatable bonds is 3. The molecule has 0 radical (unpaired) electrons. The molecule has 0 spiro atoms. The van der Waals surface area contributed by atoms with Crippen molar-refractivity contribution in [3.8, 4) is 0 Å². The van der Waals surface area contributed by atoms with Crippen LogP contribution in [0.25, 0.3) is 0 Å². The zero-order valence-corrected chi connectivity index (χ0v) is 7.52. The highest BCUT2D eigenvalue weighted by Crippen LogP contribution is 2.02.